The van der Waals surface area contributed by atoms with Gasteiger partial charge in [-0.2, -0.15) is 5.10 Å². The highest BCUT2D eigenvalue weighted by atomic mass is 79.9. The predicted octanol–water partition coefficient (Wildman–Crippen LogP) is 1.90. The third-order valence-corrected chi connectivity index (χ3v) is 3.59. The number of nitrogens with zero attached hydrogens (tertiary/aromatic N) is 2. The van der Waals surface area contributed by atoms with E-state index in [0.717, 1.165) is 27.0 Å². The molecule has 0 bridgehead atoms. The van der Waals surface area contributed by atoms with Crippen LogP contribution in [0, 0.1) is 6.92 Å². The van der Waals surface area contributed by atoms with Gasteiger partial charge in [-0.15, -0.1) is 0 Å². The molecule has 6 heteroatoms. The van der Waals surface area contributed by atoms with Gasteiger partial charge in [-0.3, -0.25) is 4.79 Å². The Kier molecular flexibility index (Phi) is 2.49. The fourth-order valence-electron chi connectivity index (χ4n) is 2.01. The van der Waals surface area contributed by atoms with Crippen molar-refractivity contribution in [2.75, 3.05) is 5.32 Å². The van der Waals surface area contributed by atoms with Gasteiger partial charge in [0.15, 0.2) is 0 Å². The van der Waals surface area contributed by atoms with Crippen LogP contribution in [0.2, 0.25) is 0 Å². The predicted molar refractivity (Wildman–Crippen MR) is 71.6 cm³/mol. The summed E-state index contributed by atoms with van der Waals surface area (Å²) in [4.78, 5) is 11.5. The molecule has 5 nitrogen and oxygen atoms in total. The van der Waals surface area contributed by atoms with Gasteiger partial charge in [0.25, 0.3) is 0 Å². The summed E-state index contributed by atoms with van der Waals surface area (Å²) < 4.78 is 2.62. The molecule has 1 aliphatic rings. The minimum absolute atomic E-state index is 0.175. The zero-order valence-corrected chi connectivity index (χ0v) is 11.2. The largest absolute Gasteiger partial charge is 0.324 e. The van der Waals surface area contributed by atoms with Crippen molar-refractivity contribution in [1.82, 2.24) is 9.78 Å². The Morgan fingerprint density at radius 3 is 2.94 bits per heavy atom. The average Bonchev–Trinajstić information content (AvgIpc) is 2.86. The Bertz CT molecular complexity index is 650. The number of halogens is 1. The van der Waals surface area contributed by atoms with E-state index in [1.165, 1.54) is 0 Å². The number of amides is 1. The molecule has 0 aliphatic carbocycles. The second-order valence-corrected chi connectivity index (χ2v) is 5.17. The Morgan fingerprint density at radius 2 is 2.28 bits per heavy atom. The number of hydrogen-bond donors (Lipinski definition) is 2. The molecule has 1 unspecified atom stereocenters. The molecule has 1 amide bonds. The van der Waals surface area contributed by atoms with Crippen molar-refractivity contribution in [2.24, 2.45) is 5.73 Å². The topological polar surface area (TPSA) is 72.9 Å². The van der Waals surface area contributed by atoms with Crippen LogP contribution in [0.5, 0.6) is 0 Å². The number of aromatic nitrogens is 2. The first kappa shape index (κ1) is 11.4. The van der Waals surface area contributed by atoms with Crippen LogP contribution in [0.25, 0.3) is 5.69 Å². The summed E-state index contributed by atoms with van der Waals surface area (Å²) >= 11 is 3.49. The quantitative estimate of drug-likeness (QED) is 0.845. The Labute approximate surface area is 112 Å². The van der Waals surface area contributed by atoms with E-state index >= 15 is 0 Å². The van der Waals surface area contributed by atoms with E-state index in [4.69, 9.17) is 5.73 Å². The van der Waals surface area contributed by atoms with Gasteiger partial charge in [0, 0.05) is 21.9 Å². The lowest BCUT2D eigenvalue weighted by Crippen LogP contribution is -2.19. The van der Waals surface area contributed by atoms with Crippen molar-refractivity contribution in [3.63, 3.8) is 0 Å². The number of aryl methyl sites for hydroxylation is 1. The number of fused-ring (bicyclic) bond motifs is 1. The normalized spacial score (nSPS) is 17.7. The molecule has 2 heterocycles. The van der Waals surface area contributed by atoms with E-state index in [9.17, 15) is 4.79 Å². The monoisotopic (exact) mass is 306 g/mol. The van der Waals surface area contributed by atoms with Crippen LogP contribution < -0.4 is 11.1 Å². The number of nitrogens with two attached hydrogens (primary N) is 1. The van der Waals surface area contributed by atoms with E-state index in [-0.39, 0.29) is 5.91 Å². The van der Waals surface area contributed by atoms with E-state index in [1.807, 2.05) is 25.3 Å². The highest BCUT2D eigenvalue weighted by Crippen LogP contribution is 2.35. The van der Waals surface area contributed by atoms with E-state index in [0.29, 0.717) is 0 Å². The molecule has 1 aliphatic heterocycles. The number of hydrogen-bond acceptors (Lipinski definition) is 3. The van der Waals surface area contributed by atoms with Crippen molar-refractivity contribution in [1.29, 1.82) is 0 Å². The lowest BCUT2D eigenvalue weighted by Gasteiger charge is -2.08. The van der Waals surface area contributed by atoms with Gasteiger partial charge in [0.1, 0.15) is 6.04 Å². The van der Waals surface area contributed by atoms with Crippen molar-refractivity contribution < 1.29 is 4.79 Å². The van der Waals surface area contributed by atoms with Gasteiger partial charge in [-0.25, -0.2) is 4.68 Å². The fourth-order valence-corrected chi connectivity index (χ4v) is 2.56. The molecule has 18 heavy (non-hydrogen) atoms. The maximum absolute atomic E-state index is 11.5. The summed E-state index contributed by atoms with van der Waals surface area (Å²) in [5, 5.41) is 7.02. The Balaban J connectivity index is 2.14. The van der Waals surface area contributed by atoms with Gasteiger partial charge < -0.3 is 11.1 Å². The highest BCUT2D eigenvalue weighted by Gasteiger charge is 2.28. The fraction of sp³-hybridized carbons (Fsp3) is 0.167. The van der Waals surface area contributed by atoms with Crippen molar-refractivity contribution in [3.05, 3.63) is 40.1 Å². The third-order valence-electron chi connectivity index (χ3n) is 2.95. The average molecular weight is 307 g/mol. The summed E-state index contributed by atoms with van der Waals surface area (Å²) in [6, 6.07) is 3.14. The Morgan fingerprint density at radius 1 is 1.50 bits per heavy atom. The van der Waals surface area contributed by atoms with Crippen molar-refractivity contribution >= 4 is 27.5 Å². The van der Waals surface area contributed by atoms with Crippen LogP contribution in [0.3, 0.4) is 0 Å². The number of carbonyl (C=O) groups excluding carboxylic acids is 1. The summed E-state index contributed by atoms with van der Waals surface area (Å²) in [6.07, 6.45) is 3.70. The molecule has 1 atom stereocenters. The molecular formula is C12H11BrN4O. The lowest BCUT2D eigenvalue weighted by atomic mass is 10.1. The van der Waals surface area contributed by atoms with Crippen LogP contribution in [0.15, 0.2) is 29.0 Å². The zero-order valence-electron chi connectivity index (χ0n) is 9.64. The van der Waals surface area contributed by atoms with Gasteiger partial charge in [-0.05, 0) is 40.5 Å². The molecule has 3 N–H and O–H groups in total. The summed E-state index contributed by atoms with van der Waals surface area (Å²) in [5.41, 5.74) is 9.29. The number of rotatable bonds is 1. The van der Waals surface area contributed by atoms with E-state index < -0.39 is 6.04 Å². The van der Waals surface area contributed by atoms with E-state index in [2.05, 4.69) is 26.3 Å². The van der Waals surface area contributed by atoms with Crippen molar-refractivity contribution in [3.8, 4) is 5.69 Å². The Hall–Kier alpha value is -1.66. The maximum atomic E-state index is 11.5. The molecule has 0 fully saturated rings. The van der Waals surface area contributed by atoms with Crippen LogP contribution in [0.4, 0.5) is 5.69 Å². The minimum atomic E-state index is -0.593. The third kappa shape index (κ3) is 1.65. The van der Waals surface area contributed by atoms with Gasteiger partial charge >= 0.3 is 0 Å². The molecule has 2 aromatic rings. The molecule has 92 valence electrons. The molecule has 3 rings (SSSR count). The first-order chi connectivity index (χ1) is 8.56. The zero-order chi connectivity index (χ0) is 12.9. The maximum Gasteiger partial charge on any atom is 0.245 e. The van der Waals surface area contributed by atoms with Gasteiger partial charge in [0.05, 0.1) is 11.9 Å². The molecule has 1 aromatic carbocycles. The smallest absolute Gasteiger partial charge is 0.245 e. The van der Waals surface area contributed by atoms with Gasteiger partial charge in [-0.1, -0.05) is 0 Å². The first-order valence-electron chi connectivity index (χ1n) is 5.48. The summed E-state index contributed by atoms with van der Waals surface area (Å²) in [6.45, 7) is 1.97. The minimum Gasteiger partial charge on any atom is -0.324 e. The summed E-state index contributed by atoms with van der Waals surface area (Å²) in [7, 11) is 0. The number of carbonyl (C=O) groups is 1. The van der Waals surface area contributed by atoms with E-state index in [1.54, 1.807) is 10.9 Å². The number of anilines is 1. The van der Waals surface area contributed by atoms with Crippen LogP contribution in [-0.2, 0) is 4.79 Å². The molecule has 1 aromatic heterocycles. The molecule has 0 saturated carbocycles. The molecule has 0 radical (unpaired) electrons. The standard InChI is InChI=1S/C12H11BrN4O/c1-6-4-15-17(5-6)10-3-9-7(2-8(10)13)11(14)12(18)16-9/h2-5,11H,14H2,1H3,(H,16,18). The molecule has 0 spiro atoms. The molecule has 0 saturated heterocycles. The van der Waals surface area contributed by atoms with Crippen molar-refractivity contribution in [2.45, 2.75) is 13.0 Å². The lowest BCUT2D eigenvalue weighted by molar-refractivity contribution is -0.116. The van der Waals surface area contributed by atoms with Gasteiger partial charge in [0.2, 0.25) is 5.91 Å². The highest BCUT2D eigenvalue weighted by molar-refractivity contribution is 9.10. The second kappa shape index (κ2) is 3.93. The SMILES string of the molecule is Cc1cnn(-c2cc3c(cc2Br)C(N)C(=O)N3)c1. The van der Waals surface area contributed by atoms with Crippen LogP contribution >= 0.6 is 15.9 Å². The van der Waals surface area contributed by atoms with Crippen LogP contribution in [0.1, 0.15) is 17.2 Å². The number of nitrogens with one attached hydrogen (secondary N) is 1. The summed E-state index contributed by atoms with van der Waals surface area (Å²) in [5.74, 6) is -0.175. The second-order valence-electron chi connectivity index (χ2n) is 4.32. The number of benzene rings is 1. The molecular weight excluding hydrogens is 296 g/mol. The van der Waals surface area contributed by atoms with Crippen LogP contribution in [-0.4, -0.2) is 15.7 Å². The first-order valence-corrected chi connectivity index (χ1v) is 6.27.